The minimum Gasteiger partial charge on any atom is -0.446 e. The molecule has 0 saturated carbocycles. The van der Waals surface area contributed by atoms with Crippen molar-refractivity contribution in [3.05, 3.63) is 17.9 Å². The van der Waals surface area contributed by atoms with E-state index in [4.69, 9.17) is 10.2 Å². The molecule has 2 N–H and O–H groups in total. The first-order chi connectivity index (χ1) is 5.24. The minimum absolute atomic E-state index is 0.639. The summed E-state index contributed by atoms with van der Waals surface area (Å²) in [5.41, 5.74) is 5.37. The zero-order chi connectivity index (χ0) is 8.27. The Bertz CT molecular complexity index is 218. The molecule has 3 heteroatoms. The summed E-state index contributed by atoms with van der Waals surface area (Å²) in [4.78, 5) is 1.93. The van der Waals surface area contributed by atoms with E-state index < -0.39 is 0 Å². The average molecular weight is 154 g/mol. The fourth-order valence-electron chi connectivity index (χ4n) is 0.884. The molecule has 0 fully saturated rings. The van der Waals surface area contributed by atoms with E-state index >= 15 is 0 Å². The SMILES string of the molecule is CN(C)c1ccc(CCN)o1. The lowest BCUT2D eigenvalue weighted by atomic mass is 10.3. The van der Waals surface area contributed by atoms with Crippen LogP contribution in [0.2, 0.25) is 0 Å². The van der Waals surface area contributed by atoms with Crippen LogP contribution in [0.25, 0.3) is 0 Å². The average Bonchev–Trinajstić information content (AvgIpc) is 2.37. The molecule has 1 aromatic heterocycles. The summed E-state index contributed by atoms with van der Waals surface area (Å²) in [6.07, 6.45) is 0.813. The number of hydrogen-bond acceptors (Lipinski definition) is 3. The molecule has 0 aromatic carbocycles. The zero-order valence-electron chi connectivity index (χ0n) is 7.00. The molecule has 11 heavy (non-hydrogen) atoms. The van der Waals surface area contributed by atoms with E-state index in [0.29, 0.717) is 6.54 Å². The maximum absolute atomic E-state index is 5.43. The molecular formula is C8H14N2O. The number of furan rings is 1. The van der Waals surface area contributed by atoms with Crippen molar-refractivity contribution in [2.24, 2.45) is 5.73 Å². The molecule has 0 aliphatic heterocycles. The Labute approximate surface area is 66.8 Å². The number of nitrogens with zero attached hydrogens (tertiary/aromatic N) is 1. The van der Waals surface area contributed by atoms with Crippen LogP contribution in [0, 0.1) is 0 Å². The van der Waals surface area contributed by atoms with E-state index in [-0.39, 0.29) is 0 Å². The van der Waals surface area contributed by atoms with E-state index in [1.165, 1.54) is 0 Å². The maximum Gasteiger partial charge on any atom is 0.195 e. The molecule has 1 rings (SSSR count). The van der Waals surface area contributed by atoms with Gasteiger partial charge in [-0.15, -0.1) is 0 Å². The van der Waals surface area contributed by atoms with Crippen molar-refractivity contribution in [3.63, 3.8) is 0 Å². The van der Waals surface area contributed by atoms with Gasteiger partial charge in [-0.05, 0) is 12.6 Å². The summed E-state index contributed by atoms with van der Waals surface area (Å²) in [5, 5.41) is 0. The highest BCUT2D eigenvalue weighted by atomic mass is 16.4. The summed E-state index contributed by atoms with van der Waals surface area (Å²) in [5.74, 6) is 1.84. The quantitative estimate of drug-likeness (QED) is 0.701. The maximum atomic E-state index is 5.43. The van der Waals surface area contributed by atoms with Gasteiger partial charge < -0.3 is 15.1 Å². The molecule has 0 aliphatic carbocycles. The Kier molecular flexibility index (Phi) is 2.54. The highest BCUT2D eigenvalue weighted by Gasteiger charge is 2.01. The summed E-state index contributed by atoms with van der Waals surface area (Å²) in [6.45, 7) is 0.639. The molecule has 0 unspecified atom stereocenters. The Morgan fingerprint density at radius 1 is 1.45 bits per heavy atom. The van der Waals surface area contributed by atoms with Gasteiger partial charge in [0, 0.05) is 26.6 Å². The van der Waals surface area contributed by atoms with Crippen LogP contribution in [-0.2, 0) is 6.42 Å². The number of hydrogen-bond donors (Lipinski definition) is 1. The first-order valence-electron chi connectivity index (χ1n) is 3.70. The standard InChI is InChI=1S/C8H14N2O/c1-10(2)8-4-3-7(11-8)5-6-9/h3-4H,5-6,9H2,1-2H3. The Balaban J connectivity index is 2.66. The fourth-order valence-corrected chi connectivity index (χ4v) is 0.884. The van der Waals surface area contributed by atoms with Crippen molar-refractivity contribution in [2.45, 2.75) is 6.42 Å². The lowest BCUT2D eigenvalue weighted by molar-refractivity contribution is 0.511. The van der Waals surface area contributed by atoms with Crippen LogP contribution in [0.1, 0.15) is 5.76 Å². The molecule has 1 heterocycles. The van der Waals surface area contributed by atoms with Gasteiger partial charge in [-0.25, -0.2) is 0 Å². The molecule has 0 amide bonds. The third-order valence-electron chi connectivity index (χ3n) is 1.48. The van der Waals surface area contributed by atoms with Crippen LogP contribution in [0.15, 0.2) is 16.5 Å². The van der Waals surface area contributed by atoms with Crippen molar-refractivity contribution in [3.8, 4) is 0 Å². The summed E-state index contributed by atoms with van der Waals surface area (Å²) < 4.78 is 5.43. The molecule has 0 radical (unpaired) electrons. The predicted molar refractivity (Wildman–Crippen MR) is 45.8 cm³/mol. The lowest BCUT2D eigenvalue weighted by Crippen LogP contribution is -2.07. The van der Waals surface area contributed by atoms with Gasteiger partial charge in [-0.2, -0.15) is 0 Å². The van der Waals surface area contributed by atoms with Gasteiger partial charge in [0.05, 0.1) is 0 Å². The molecule has 0 atom stereocenters. The van der Waals surface area contributed by atoms with Gasteiger partial charge in [-0.3, -0.25) is 0 Å². The van der Waals surface area contributed by atoms with Gasteiger partial charge in [0.2, 0.25) is 0 Å². The van der Waals surface area contributed by atoms with E-state index in [1.807, 2.05) is 31.1 Å². The van der Waals surface area contributed by atoms with Crippen LogP contribution < -0.4 is 10.6 Å². The minimum atomic E-state index is 0.639. The zero-order valence-corrected chi connectivity index (χ0v) is 7.00. The third-order valence-corrected chi connectivity index (χ3v) is 1.48. The monoisotopic (exact) mass is 154 g/mol. The molecule has 0 saturated heterocycles. The van der Waals surface area contributed by atoms with Gasteiger partial charge in [0.1, 0.15) is 5.76 Å². The topological polar surface area (TPSA) is 42.4 Å². The van der Waals surface area contributed by atoms with Crippen LogP contribution in [0.4, 0.5) is 5.88 Å². The van der Waals surface area contributed by atoms with Crippen molar-refractivity contribution in [2.75, 3.05) is 25.5 Å². The van der Waals surface area contributed by atoms with Crippen molar-refractivity contribution >= 4 is 5.88 Å². The highest BCUT2D eigenvalue weighted by Crippen LogP contribution is 2.15. The molecular weight excluding hydrogens is 140 g/mol. The number of rotatable bonds is 3. The normalized spacial score (nSPS) is 10.1. The second-order valence-corrected chi connectivity index (χ2v) is 2.67. The molecule has 0 bridgehead atoms. The Morgan fingerprint density at radius 2 is 2.18 bits per heavy atom. The summed E-state index contributed by atoms with van der Waals surface area (Å²) >= 11 is 0. The molecule has 62 valence electrons. The number of nitrogens with two attached hydrogens (primary N) is 1. The number of anilines is 1. The van der Waals surface area contributed by atoms with Gasteiger partial charge in [0.25, 0.3) is 0 Å². The van der Waals surface area contributed by atoms with Crippen LogP contribution >= 0.6 is 0 Å². The van der Waals surface area contributed by atoms with Crippen molar-refractivity contribution in [1.29, 1.82) is 0 Å². The summed E-state index contributed by atoms with van der Waals surface area (Å²) in [7, 11) is 3.90. The van der Waals surface area contributed by atoms with E-state index in [9.17, 15) is 0 Å². The predicted octanol–water partition coefficient (Wildman–Crippen LogP) is 0.847. The van der Waals surface area contributed by atoms with Gasteiger partial charge in [-0.1, -0.05) is 0 Å². The molecule has 1 aromatic rings. The van der Waals surface area contributed by atoms with E-state index in [2.05, 4.69) is 0 Å². The lowest BCUT2D eigenvalue weighted by Gasteiger charge is -2.06. The summed E-state index contributed by atoms with van der Waals surface area (Å²) in [6, 6.07) is 3.91. The Morgan fingerprint density at radius 3 is 2.64 bits per heavy atom. The largest absolute Gasteiger partial charge is 0.446 e. The molecule has 3 nitrogen and oxygen atoms in total. The van der Waals surface area contributed by atoms with E-state index in [1.54, 1.807) is 0 Å². The Hall–Kier alpha value is -0.960. The fraction of sp³-hybridized carbons (Fsp3) is 0.500. The van der Waals surface area contributed by atoms with Crippen LogP contribution in [0.5, 0.6) is 0 Å². The smallest absolute Gasteiger partial charge is 0.195 e. The molecule has 0 aliphatic rings. The van der Waals surface area contributed by atoms with Crippen molar-refractivity contribution in [1.82, 2.24) is 0 Å². The second-order valence-electron chi connectivity index (χ2n) is 2.67. The van der Waals surface area contributed by atoms with Crippen molar-refractivity contribution < 1.29 is 4.42 Å². The first kappa shape index (κ1) is 8.14. The van der Waals surface area contributed by atoms with Gasteiger partial charge in [0.15, 0.2) is 5.88 Å². The van der Waals surface area contributed by atoms with Crippen LogP contribution in [-0.4, -0.2) is 20.6 Å². The van der Waals surface area contributed by atoms with E-state index in [0.717, 1.165) is 18.1 Å². The highest BCUT2D eigenvalue weighted by molar-refractivity contribution is 5.33. The second kappa shape index (κ2) is 3.44. The van der Waals surface area contributed by atoms with Crippen LogP contribution in [0.3, 0.4) is 0 Å². The van der Waals surface area contributed by atoms with Gasteiger partial charge >= 0.3 is 0 Å². The first-order valence-corrected chi connectivity index (χ1v) is 3.70. The third kappa shape index (κ3) is 1.98. The molecule has 0 spiro atoms.